The molecule has 0 aliphatic carbocycles. The Morgan fingerprint density at radius 2 is 1.95 bits per heavy atom. The number of pyridine rings is 1. The lowest BCUT2D eigenvalue weighted by atomic mass is 10.0. The molecule has 0 fully saturated rings. The number of carbonyl (C=O) groups excluding carboxylic acids is 1. The van der Waals surface area contributed by atoms with E-state index in [0.717, 1.165) is 19.4 Å². The normalized spacial score (nSPS) is 14.5. The molecule has 0 radical (unpaired) electrons. The lowest BCUT2D eigenvalue weighted by Gasteiger charge is -2.20. The fourth-order valence-corrected chi connectivity index (χ4v) is 2.63. The minimum Gasteiger partial charge on any atom is -0.334 e. The van der Waals surface area contributed by atoms with E-state index in [2.05, 4.69) is 17.1 Å². The van der Waals surface area contributed by atoms with Crippen LogP contribution in [0.4, 0.5) is 0 Å². The Hall–Kier alpha value is -2.36. The summed E-state index contributed by atoms with van der Waals surface area (Å²) in [4.78, 5) is 28.2. The van der Waals surface area contributed by atoms with Crippen LogP contribution in [0.15, 0.2) is 47.4 Å². The molecule has 0 bridgehead atoms. The summed E-state index contributed by atoms with van der Waals surface area (Å²) >= 11 is 0. The Balaban J connectivity index is 1.88. The summed E-state index contributed by atoms with van der Waals surface area (Å²) in [6.45, 7) is 1.34. The Labute approximate surface area is 117 Å². The van der Waals surface area contributed by atoms with Gasteiger partial charge in [0.15, 0.2) is 0 Å². The SMILES string of the molecule is O=C(c1cc[nH]c(=O)c1)N1CCCc2ccccc2C1. The van der Waals surface area contributed by atoms with Gasteiger partial charge in [0.1, 0.15) is 0 Å². The summed E-state index contributed by atoms with van der Waals surface area (Å²) in [6.07, 6.45) is 3.46. The van der Waals surface area contributed by atoms with Crippen molar-refractivity contribution >= 4 is 5.91 Å². The molecule has 1 aromatic heterocycles. The summed E-state index contributed by atoms with van der Waals surface area (Å²) in [5, 5.41) is 0. The van der Waals surface area contributed by atoms with Crippen LogP contribution in [0.3, 0.4) is 0 Å². The van der Waals surface area contributed by atoms with Crippen molar-refractivity contribution in [3.8, 4) is 0 Å². The van der Waals surface area contributed by atoms with Gasteiger partial charge >= 0.3 is 0 Å². The number of H-pyrrole nitrogens is 1. The smallest absolute Gasteiger partial charge is 0.254 e. The van der Waals surface area contributed by atoms with Crippen LogP contribution in [0.25, 0.3) is 0 Å². The molecular formula is C16H16N2O2. The maximum absolute atomic E-state index is 12.5. The maximum Gasteiger partial charge on any atom is 0.254 e. The zero-order chi connectivity index (χ0) is 13.9. The number of nitrogens with zero attached hydrogens (tertiary/aromatic N) is 1. The molecule has 0 atom stereocenters. The monoisotopic (exact) mass is 268 g/mol. The van der Waals surface area contributed by atoms with E-state index in [0.29, 0.717) is 12.1 Å². The van der Waals surface area contributed by atoms with E-state index in [-0.39, 0.29) is 11.5 Å². The standard InChI is InChI=1S/C16H16N2O2/c19-15-10-13(7-8-17-15)16(20)18-9-3-6-12-4-1-2-5-14(12)11-18/h1-2,4-5,7-8,10H,3,6,9,11H2,(H,17,19). The third-order valence-electron chi connectivity index (χ3n) is 3.66. The number of rotatable bonds is 1. The number of carbonyl (C=O) groups is 1. The van der Waals surface area contributed by atoms with Gasteiger partial charge < -0.3 is 9.88 Å². The van der Waals surface area contributed by atoms with Gasteiger partial charge in [-0.3, -0.25) is 9.59 Å². The molecule has 0 unspecified atom stereocenters. The summed E-state index contributed by atoms with van der Waals surface area (Å²) in [7, 11) is 0. The van der Waals surface area contributed by atoms with Crippen molar-refractivity contribution in [2.75, 3.05) is 6.54 Å². The van der Waals surface area contributed by atoms with Crippen molar-refractivity contribution in [1.29, 1.82) is 0 Å². The lowest BCUT2D eigenvalue weighted by Crippen LogP contribution is -2.31. The average molecular weight is 268 g/mol. The van der Waals surface area contributed by atoms with Gasteiger partial charge in [0.2, 0.25) is 5.56 Å². The van der Waals surface area contributed by atoms with E-state index in [9.17, 15) is 9.59 Å². The van der Waals surface area contributed by atoms with Gasteiger partial charge in [-0.25, -0.2) is 0 Å². The highest BCUT2D eigenvalue weighted by Gasteiger charge is 2.20. The van der Waals surface area contributed by atoms with Gasteiger partial charge in [0.25, 0.3) is 5.91 Å². The zero-order valence-electron chi connectivity index (χ0n) is 11.1. The summed E-state index contributed by atoms with van der Waals surface area (Å²) in [6, 6.07) is 11.2. The molecule has 102 valence electrons. The van der Waals surface area contributed by atoms with Gasteiger partial charge in [-0.05, 0) is 30.0 Å². The van der Waals surface area contributed by atoms with Crippen molar-refractivity contribution < 1.29 is 4.79 Å². The molecule has 3 rings (SSSR count). The Kier molecular flexibility index (Phi) is 3.37. The number of hydrogen-bond donors (Lipinski definition) is 1. The second-order valence-corrected chi connectivity index (χ2v) is 5.04. The molecule has 1 aromatic carbocycles. The molecule has 20 heavy (non-hydrogen) atoms. The topological polar surface area (TPSA) is 53.2 Å². The largest absolute Gasteiger partial charge is 0.334 e. The highest BCUT2D eigenvalue weighted by atomic mass is 16.2. The second kappa shape index (κ2) is 5.33. The van der Waals surface area contributed by atoms with Gasteiger partial charge in [0, 0.05) is 30.9 Å². The average Bonchev–Trinajstić information content (AvgIpc) is 2.68. The Morgan fingerprint density at radius 1 is 1.15 bits per heavy atom. The quantitative estimate of drug-likeness (QED) is 0.859. The molecule has 4 nitrogen and oxygen atoms in total. The van der Waals surface area contributed by atoms with Crippen molar-refractivity contribution in [2.24, 2.45) is 0 Å². The van der Waals surface area contributed by atoms with Crippen LogP contribution >= 0.6 is 0 Å². The van der Waals surface area contributed by atoms with Gasteiger partial charge in [-0.15, -0.1) is 0 Å². The van der Waals surface area contributed by atoms with Crippen LogP contribution < -0.4 is 5.56 Å². The number of aryl methyl sites for hydroxylation is 1. The first-order valence-electron chi connectivity index (χ1n) is 6.79. The molecular weight excluding hydrogens is 252 g/mol. The minimum absolute atomic E-state index is 0.0761. The molecule has 1 aliphatic heterocycles. The first-order chi connectivity index (χ1) is 9.74. The number of benzene rings is 1. The van der Waals surface area contributed by atoms with Crippen LogP contribution in [0, 0.1) is 0 Å². The molecule has 2 heterocycles. The zero-order valence-corrected chi connectivity index (χ0v) is 11.1. The predicted octanol–water partition coefficient (Wildman–Crippen LogP) is 1.96. The van der Waals surface area contributed by atoms with E-state index < -0.39 is 0 Å². The maximum atomic E-state index is 12.5. The highest BCUT2D eigenvalue weighted by molar-refractivity contribution is 5.94. The highest BCUT2D eigenvalue weighted by Crippen LogP contribution is 2.19. The van der Waals surface area contributed by atoms with Gasteiger partial charge in [-0.1, -0.05) is 24.3 Å². The van der Waals surface area contributed by atoms with Crippen molar-refractivity contribution in [3.05, 3.63) is 69.6 Å². The Morgan fingerprint density at radius 3 is 2.75 bits per heavy atom. The predicted molar refractivity (Wildman–Crippen MR) is 76.6 cm³/mol. The first-order valence-corrected chi connectivity index (χ1v) is 6.79. The van der Waals surface area contributed by atoms with Gasteiger partial charge in [0.05, 0.1) is 0 Å². The summed E-state index contributed by atoms with van der Waals surface area (Å²) in [5.74, 6) is -0.0761. The molecule has 0 saturated heterocycles. The van der Waals surface area contributed by atoms with Crippen LogP contribution in [0.1, 0.15) is 27.9 Å². The number of fused-ring (bicyclic) bond motifs is 1. The molecule has 0 spiro atoms. The molecule has 1 N–H and O–H groups in total. The van der Waals surface area contributed by atoms with E-state index in [1.54, 1.807) is 6.07 Å². The Bertz CT molecular complexity index is 691. The molecule has 4 heteroatoms. The third kappa shape index (κ3) is 2.50. The molecule has 1 amide bonds. The first kappa shape index (κ1) is 12.7. The van der Waals surface area contributed by atoms with E-state index in [1.165, 1.54) is 23.4 Å². The summed E-state index contributed by atoms with van der Waals surface area (Å²) < 4.78 is 0. The lowest BCUT2D eigenvalue weighted by molar-refractivity contribution is 0.0745. The van der Waals surface area contributed by atoms with Crippen LogP contribution in [0.2, 0.25) is 0 Å². The minimum atomic E-state index is -0.244. The van der Waals surface area contributed by atoms with Crippen LogP contribution in [-0.2, 0) is 13.0 Å². The second-order valence-electron chi connectivity index (χ2n) is 5.04. The third-order valence-corrected chi connectivity index (χ3v) is 3.66. The number of nitrogens with one attached hydrogen (secondary N) is 1. The van der Waals surface area contributed by atoms with E-state index in [4.69, 9.17) is 0 Å². The fourth-order valence-electron chi connectivity index (χ4n) is 2.63. The molecule has 1 aliphatic rings. The van der Waals surface area contributed by atoms with Crippen LogP contribution in [0.5, 0.6) is 0 Å². The van der Waals surface area contributed by atoms with Crippen LogP contribution in [-0.4, -0.2) is 22.3 Å². The van der Waals surface area contributed by atoms with Gasteiger partial charge in [-0.2, -0.15) is 0 Å². The number of hydrogen-bond acceptors (Lipinski definition) is 2. The van der Waals surface area contributed by atoms with E-state index >= 15 is 0 Å². The fraction of sp³-hybridized carbons (Fsp3) is 0.250. The van der Waals surface area contributed by atoms with Crippen molar-refractivity contribution in [1.82, 2.24) is 9.88 Å². The van der Waals surface area contributed by atoms with E-state index in [1.807, 2.05) is 17.0 Å². The summed E-state index contributed by atoms with van der Waals surface area (Å²) in [5.41, 5.74) is 2.72. The van der Waals surface area contributed by atoms with Crippen molar-refractivity contribution in [2.45, 2.75) is 19.4 Å². The number of aromatic nitrogens is 1. The number of amides is 1. The molecule has 2 aromatic rings. The molecule has 0 saturated carbocycles. The van der Waals surface area contributed by atoms with Crippen molar-refractivity contribution in [3.63, 3.8) is 0 Å². The number of aromatic amines is 1.